The molecule has 0 radical (unpaired) electrons. The summed E-state index contributed by atoms with van der Waals surface area (Å²) in [6, 6.07) is 0. The summed E-state index contributed by atoms with van der Waals surface area (Å²) in [5.41, 5.74) is 0. The van der Waals surface area contributed by atoms with Crippen LogP contribution in [0.15, 0.2) is 0 Å². The number of hydrogen-bond donors (Lipinski definition) is 0. The Kier molecular flexibility index (Phi) is 5.07. The molecule has 0 aromatic rings. The van der Waals surface area contributed by atoms with Crippen molar-refractivity contribution in [1.82, 2.24) is 0 Å². The molecule has 0 bridgehead atoms. The maximum Gasteiger partial charge on any atom is 0.121 e. The van der Waals surface area contributed by atoms with Crippen molar-refractivity contribution in [2.24, 2.45) is 0 Å². The third kappa shape index (κ3) is 3.89. The highest BCUT2D eigenvalue weighted by Crippen LogP contribution is 2.16. The molecule has 0 aliphatic carbocycles. The van der Waals surface area contributed by atoms with Gasteiger partial charge in [0.05, 0.1) is 4.83 Å². The van der Waals surface area contributed by atoms with Gasteiger partial charge in [0.1, 0.15) is 4.84 Å². The Bertz CT molecular complexity index is 47.4. The van der Waals surface area contributed by atoms with E-state index in [9.17, 15) is 0 Å². The zero-order valence-electron chi connectivity index (χ0n) is 3.37. The van der Waals surface area contributed by atoms with E-state index in [2.05, 4.69) is 15.9 Å². The minimum Gasteiger partial charge on any atom is -0.125 e. The molecule has 0 aromatic heterocycles. The lowest BCUT2D eigenvalue weighted by Gasteiger charge is -2.02. The van der Waals surface area contributed by atoms with Crippen LogP contribution in [0.25, 0.3) is 0 Å². The van der Waals surface area contributed by atoms with Crippen LogP contribution in [0.4, 0.5) is 0 Å². The summed E-state index contributed by atoms with van der Waals surface area (Å²) in [5, 5.41) is 0. The molecule has 0 aliphatic heterocycles. The summed E-state index contributed by atoms with van der Waals surface area (Å²) in [4.78, 5) is -0.394. The van der Waals surface area contributed by atoms with Gasteiger partial charge in [-0.25, -0.2) is 0 Å². The first kappa shape index (κ1) is 8.35. The van der Waals surface area contributed by atoms with Crippen molar-refractivity contribution < 1.29 is 0 Å². The lowest BCUT2D eigenvalue weighted by molar-refractivity contribution is 1.09. The van der Waals surface area contributed by atoms with Crippen molar-refractivity contribution >= 4 is 50.7 Å². The number of alkyl halides is 4. The van der Waals surface area contributed by atoms with E-state index in [0.29, 0.717) is 5.88 Å². The van der Waals surface area contributed by atoms with E-state index in [1.165, 1.54) is 0 Å². The Balaban J connectivity index is 3.14. The van der Waals surface area contributed by atoms with Crippen molar-refractivity contribution in [1.29, 1.82) is 0 Å². The van der Waals surface area contributed by atoms with Crippen LogP contribution >= 0.6 is 50.7 Å². The van der Waals surface area contributed by atoms with E-state index in [1.807, 2.05) is 0 Å². The number of rotatable bonds is 2. The van der Waals surface area contributed by atoms with Crippen LogP contribution in [-0.2, 0) is 0 Å². The van der Waals surface area contributed by atoms with E-state index >= 15 is 0 Å². The normalized spacial score (nSPS) is 15.0. The molecule has 1 unspecified atom stereocenters. The third-order valence-electron chi connectivity index (χ3n) is 0.421. The van der Waals surface area contributed by atoms with E-state index in [0.717, 1.165) is 0 Å². The molecule has 0 fully saturated rings. The molecule has 0 aromatic carbocycles. The van der Waals surface area contributed by atoms with Crippen LogP contribution in [0.1, 0.15) is 0 Å². The van der Waals surface area contributed by atoms with E-state index < -0.39 is 4.84 Å². The molecule has 0 saturated heterocycles. The molecule has 0 spiro atoms. The van der Waals surface area contributed by atoms with Crippen molar-refractivity contribution in [3.63, 3.8) is 0 Å². The molecule has 44 valence electrons. The second-order valence-corrected chi connectivity index (χ2v) is 3.65. The molecular formula is C3H4BrCl3. The van der Waals surface area contributed by atoms with Crippen molar-refractivity contribution in [3.8, 4) is 0 Å². The average Bonchev–Trinajstić information content (AvgIpc) is 1.65. The summed E-state index contributed by atoms with van der Waals surface area (Å²) >= 11 is 19.2. The zero-order valence-corrected chi connectivity index (χ0v) is 7.23. The van der Waals surface area contributed by atoms with Gasteiger partial charge in [0.25, 0.3) is 0 Å². The van der Waals surface area contributed by atoms with Crippen molar-refractivity contribution in [2.75, 3.05) is 5.88 Å². The summed E-state index contributed by atoms with van der Waals surface area (Å²) in [6.07, 6.45) is 0. The Hall–Kier alpha value is 1.35. The minimum absolute atomic E-state index is 0.0116. The molecule has 0 nitrogen and oxygen atoms in total. The molecule has 1 atom stereocenters. The SMILES string of the molecule is ClCC(Br)C(Cl)Cl. The Morgan fingerprint density at radius 2 is 1.86 bits per heavy atom. The predicted molar refractivity (Wildman–Crippen MR) is 38.9 cm³/mol. The van der Waals surface area contributed by atoms with Gasteiger partial charge >= 0.3 is 0 Å². The lowest BCUT2D eigenvalue weighted by Crippen LogP contribution is -2.08. The summed E-state index contributed by atoms with van der Waals surface area (Å²) < 4.78 is 0. The van der Waals surface area contributed by atoms with Crippen LogP contribution in [0.3, 0.4) is 0 Å². The van der Waals surface area contributed by atoms with Crippen LogP contribution in [0.2, 0.25) is 0 Å². The molecule has 0 aliphatic rings. The van der Waals surface area contributed by atoms with E-state index in [4.69, 9.17) is 34.8 Å². The van der Waals surface area contributed by atoms with Gasteiger partial charge in [0, 0.05) is 5.88 Å². The third-order valence-corrected chi connectivity index (χ3v) is 3.20. The van der Waals surface area contributed by atoms with Crippen molar-refractivity contribution in [3.05, 3.63) is 0 Å². The Morgan fingerprint density at radius 3 is 1.86 bits per heavy atom. The quantitative estimate of drug-likeness (QED) is 0.635. The summed E-state index contributed by atoms with van der Waals surface area (Å²) in [6.45, 7) is 0. The Morgan fingerprint density at radius 1 is 1.43 bits per heavy atom. The zero-order chi connectivity index (χ0) is 5.86. The molecular weight excluding hydrogens is 222 g/mol. The van der Waals surface area contributed by atoms with Crippen molar-refractivity contribution in [2.45, 2.75) is 9.66 Å². The topological polar surface area (TPSA) is 0 Å². The van der Waals surface area contributed by atoms with Gasteiger partial charge in [-0.15, -0.1) is 34.8 Å². The first-order valence-corrected chi connectivity index (χ1v) is 3.99. The van der Waals surface area contributed by atoms with Gasteiger partial charge in [-0.05, 0) is 0 Å². The molecule has 0 heterocycles. The highest BCUT2D eigenvalue weighted by Gasteiger charge is 2.09. The Labute approximate surface area is 66.2 Å². The van der Waals surface area contributed by atoms with Gasteiger partial charge < -0.3 is 0 Å². The molecule has 0 amide bonds. The maximum atomic E-state index is 5.36. The molecule has 0 rings (SSSR count). The average molecular weight is 226 g/mol. The number of halogens is 4. The highest BCUT2D eigenvalue weighted by atomic mass is 79.9. The largest absolute Gasteiger partial charge is 0.125 e. The fourth-order valence-electron chi connectivity index (χ4n) is 0.0673. The molecule has 0 N–H and O–H groups in total. The second-order valence-electron chi connectivity index (χ2n) is 1.00. The molecule has 4 heteroatoms. The van der Waals surface area contributed by atoms with E-state index in [1.54, 1.807) is 0 Å². The lowest BCUT2D eigenvalue weighted by atomic mass is 10.6. The molecule has 0 saturated carbocycles. The van der Waals surface area contributed by atoms with Crippen LogP contribution in [0.5, 0.6) is 0 Å². The van der Waals surface area contributed by atoms with Gasteiger partial charge in [0.15, 0.2) is 0 Å². The number of hydrogen-bond acceptors (Lipinski definition) is 0. The first-order valence-electron chi connectivity index (χ1n) is 1.66. The highest BCUT2D eigenvalue weighted by molar-refractivity contribution is 9.09. The summed E-state index contributed by atoms with van der Waals surface area (Å²) in [7, 11) is 0. The second kappa shape index (κ2) is 4.25. The van der Waals surface area contributed by atoms with E-state index in [-0.39, 0.29) is 4.83 Å². The monoisotopic (exact) mass is 224 g/mol. The fourth-order valence-corrected chi connectivity index (χ4v) is 0.606. The van der Waals surface area contributed by atoms with Crippen LogP contribution < -0.4 is 0 Å². The summed E-state index contributed by atoms with van der Waals surface area (Å²) in [5.74, 6) is 0.442. The molecule has 7 heavy (non-hydrogen) atoms. The first-order chi connectivity index (χ1) is 3.18. The van der Waals surface area contributed by atoms with Crippen LogP contribution in [-0.4, -0.2) is 15.5 Å². The van der Waals surface area contributed by atoms with Gasteiger partial charge in [-0.1, -0.05) is 15.9 Å². The van der Waals surface area contributed by atoms with Gasteiger partial charge in [-0.2, -0.15) is 0 Å². The fraction of sp³-hybridized carbons (Fsp3) is 1.00. The smallest absolute Gasteiger partial charge is 0.121 e. The standard InChI is InChI=1S/C3H4BrCl3/c4-2(1-5)3(6)7/h2-3H,1H2. The van der Waals surface area contributed by atoms with Crippen LogP contribution in [0, 0.1) is 0 Å². The predicted octanol–water partition coefficient (Wildman–Crippen LogP) is 2.79. The minimum atomic E-state index is -0.405. The van der Waals surface area contributed by atoms with Gasteiger partial charge in [-0.3, -0.25) is 0 Å². The van der Waals surface area contributed by atoms with Gasteiger partial charge in [0.2, 0.25) is 0 Å². The maximum absolute atomic E-state index is 5.36.